The zero-order valence-corrected chi connectivity index (χ0v) is 18.6. The summed E-state index contributed by atoms with van der Waals surface area (Å²) >= 11 is 16.2. The highest BCUT2D eigenvalue weighted by atomic mass is 35.5. The van der Waals surface area contributed by atoms with Crippen LogP contribution in [0.15, 0.2) is 56.2 Å². The van der Waals surface area contributed by atoms with Crippen LogP contribution in [0.25, 0.3) is 0 Å². The second kappa shape index (κ2) is 10.9. The molecule has 3 aromatic rings. The molecule has 1 heterocycles. The standard InChI is InChI=1S/C18H13Cl2FN4OS3/c19-13-5-2-1-4-11(13)9-27-17-24-25-18(29-17)28-10-16(26)23-22-8-12-14(20)6-3-7-15(12)21/h1-8H,9-10H2,(H,23,26)/b22-8-. The van der Waals surface area contributed by atoms with Gasteiger partial charge in [-0.05, 0) is 23.8 Å². The van der Waals surface area contributed by atoms with E-state index in [0.717, 1.165) is 9.90 Å². The monoisotopic (exact) mass is 486 g/mol. The summed E-state index contributed by atoms with van der Waals surface area (Å²) in [5.74, 6) is -0.0707. The van der Waals surface area contributed by atoms with Crippen molar-refractivity contribution in [3.05, 3.63) is 69.5 Å². The van der Waals surface area contributed by atoms with Gasteiger partial charge in [-0.2, -0.15) is 5.10 Å². The van der Waals surface area contributed by atoms with Crippen molar-refractivity contribution in [1.29, 1.82) is 0 Å². The normalized spacial score (nSPS) is 11.1. The molecular weight excluding hydrogens is 474 g/mol. The minimum absolute atomic E-state index is 0.103. The van der Waals surface area contributed by atoms with Crippen molar-refractivity contribution in [3.63, 3.8) is 0 Å². The highest BCUT2D eigenvalue weighted by Crippen LogP contribution is 2.32. The fourth-order valence-corrected chi connectivity index (χ4v) is 5.34. The first-order valence-electron chi connectivity index (χ1n) is 8.11. The van der Waals surface area contributed by atoms with E-state index >= 15 is 0 Å². The van der Waals surface area contributed by atoms with Gasteiger partial charge in [0.15, 0.2) is 8.68 Å². The average Bonchev–Trinajstić information content (AvgIpc) is 3.16. The van der Waals surface area contributed by atoms with Gasteiger partial charge in [0.05, 0.1) is 17.0 Å². The third kappa shape index (κ3) is 6.68. The third-order valence-corrected chi connectivity index (χ3v) is 7.34. The first-order valence-corrected chi connectivity index (χ1v) is 11.7. The summed E-state index contributed by atoms with van der Waals surface area (Å²) in [6.45, 7) is 0. The van der Waals surface area contributed by atoms with E-state index in [2.05, 4.69) is 20.7 Å². The van der Waals surface area contributed by atoms with Crippen LogP contribution in [0, 0.1) is 5.82 Å². The second-order valence-electron chi connectivity index (χ2n) is 5.43. The SMILES string of the molecule is O=C(CSc1nnc(SCc2ccccc2Cl)s1)N/N=C\c1c(F)cccc1Cl. The summed E-state index contributed by atoms with van der Waals surface area (Å²) in [7, 11) is 0. The van der Waals surface area contributed by atoms with Crippen LogP contribution in [-0.2, 0) is 10.5 Å². The van der Waals surface area contributed by atoms with E-state index in [1.165, 1.54) is 53.2 Å². The zero-order chi connectivity index (χ0) is 20.6. The molecule has 29 heavy (non-hydrogen) atoms. The molecule has 0 aliphatic rings. The number of aromatic nitrogens is 2. The minimum atomic E-state index is -0.513. The summed E-state index contributed by atoms with van der Waals surface area (Å²) < 4.78 is 15.1. The molecule has 0 fully saturated rings. The molecule has 3 rings (SSSR count). The predicted octanol–water partition coefficient (Wildman–Crippen LogP) is 5.52. The Bertz CT molecular complexity index is 1010. The van der Waals surface area contributed by atoms with E-state index in [4.69, 9.17) is 23.2 Å². The number of nitrogens with one attached hydrogen (secondary N) is 1. The molecule has 0 aliphatic carbocycles. The molecule has 1 amide bonds. The number of hydrazone groups is 1. The molecule has 2 aromatic carbocycles. The Kier molecular flexibility index (Phi) is 8.31. The Hall–Kier alpha value is -1.65. The molecule has 0 atom stereocenters. The molecule has 5 nitrogen and oxygen atoms in total. The van der Waals surface area contributed by atoms with Gasteiger partial charge in [-0.1, -0.05) is 82.3 Å². The van der Waals surface area contributed by atoms with Gasteiger partial charge in [0.1, 0.15) is 5.82 Å². The Morgan fingerprint density at radius 2 is 1.83 bits per heavy atom. The van der Waals surface area contributed by atoms with E-state index < -0.39 is 5.82 Å². The van der Waals surface area contributed by atoms with Crippen molar-refractivity contribution in [2.24, 2.45) is 5.10 Å². The number of carbonyl (C=O) groups is 1. The molecule has 1 aromatic heterocycles. The van der Waals surface area contributed by atoms with Gasteiger partial charge in [-0.25, -0.2) is 9.82 Å². The van der Waals surface area contributed by atoms with Crippen LogP contribution in [0.1, 0.15) is 11.1 Å². The van der Waals surface area contributed by atoms with Crippen molar-refractivity contribution in [1.82, 2.24) is 15.6 Å². The molecule has 0 spiro atoms. The number of carbonyl (C=O) groups excluding carboxylic acids is 1. The first-order chi connectivity index (χ1) is 14.0. The van der Waals surface area contributed by atoms with Gasteiger partial charge in [0.2, 0.25) is 0 Å². The Morgan fingerprint density at radius 3 is 2.59 bits per heavy atom. The Labute approximate surface area is 189 Å². The number of hydrogen-bond acceptors (Lipinski definition) is 7. The van der Waals surface area contributed by atoms with Crippen LogP contribution in [0.5, 0.6) is 0 Å². The van der Waals surface area contributed by atoms with Crippen LogP contribution >= 0.6 is 58.1 Å². The van der Waals surface area contributed by atoms with Crippen molar-refractivity contribution in [3.8, 4) is 0 Å². The number of rotatable bonds is 8. The molecule has 1 N–H and O–H groups in total. The lowest BCUT2D eigenvalue weighted by molar-refractivity contribution is -0.118. The zero-order valence-electron chi connectivity index (χ0n) is 14.6. The Balaban J connectivity index is 1.45. The first kappa shape index (κ1) is 22.0. The smallest absolute Gasteiger partial charge is 0.250 e. The molecule has 0 radical (unpaired) electrons. The number of amides is 1. The van der Waals surface area contributed by atoms with Crippen LogP contribution in [0.2, 0.25) is 10.0 Å². The van der Waals surface area contributed by atoms with E-state index in [9.17, 15) is 9.18 Å². The number of halogens is 3. The summed E-state index contributed by atoms with van der Waals surface area (Å²) in [4.78, 5) is 11.9. The van der Waals surface area contributed by atoms with Crippen molar-refractivity contribution in [2.75, 3.05) is 5.75 Å². The quantitative estimate of drug-likeness (QED) is 0.258. The highest BCUT2D eigenvalue weighted by Gasteiger charge is 2.10. The van der Waals surface area contributed by atoms with Gasteiger partial charge in [0, 0.05) is 16.3 Å². The maximum absolute atomic E-state index is 13.6. The summed E-state index contributed by atoms with van der Waals surface area (Å²) in [5, 5.41) is 12.8. The average molecular weight is 487 g/mol. The van der Waals surface area contributed by atoms with Crippen LogP contribution in [-0.4, -0.2) is 28.1 Å². The maximum atomic E-state index is 13.6. The van der Waals surface area contributed by atoms with E-state index in [-0.39, 0.29) is 22.2 Å². The summed E-state index contributed by atoms with van der Waals surface area (Å²) in [6.07, 6.45) is 1.18. The van der Waals surface area contributed by atoms with Gasteiger partial charge in [-0.15, -0.1) is 10.2 Å². The summed E-state index contributed by atoms with van der Waals surface area (Å²) in [6, 6.07) is 11.9. The fourth-order valence-electron chi connectivity index (χ4n) is 2.03. The lowest BCUT2D eigenvalue weighted by atomic mass is 10.2. The van der Waals surface area contributed by atoms with Crippen molar-refractivity contribution < 1.29 is 9.18 Å². The van der Waals surface area contributed by atoms with Crippen molar-refractivity contribution in [2.45, 2.75) is 14.4 Å². The van der Waals surface area contributed by atoms with Gasteiger partial charge >= 0.3 is 0 Å². The molecule has 0 saturated heterocycles. The second-order valence-corrected chi connectivity index (χ2v) is 9.67. The number of nitrogens with zero attached hydrogens (tertiary/aromatic N) is 3. The number of benzene rings is 2. The largest absolute Gasteiger partial charge is 0.272 e. The fraction of sp³-hybridized carbons (Fsp3) is 0.111. The number of hydrogen-bond donors (Lipinski definition) is 1. The van der Waals surface area contributed by atoms with E-state index in [0.29, 0.717) is 15.1 Å². The molecule has 0 aliphatic heterocycles. The molecule has 0 saturated carbocycles. The van der Waals surface area contributed by atoms with Crippen LogP contribution in [0.3, 0.4) is 0 Å². The topological polar surface area (TPSA) is 67.2 Å². The maximum Gasteiger partial charge on any atom is 0.250 e. The molecule has 11 heteroatoms. The lowest BCUT2D eigenvalue weighted by Crippen LogP contribution is -2.19. The third-order valence-electron chi connectivity index (χ3n) is 3.41. The summed E-state index contributed by atoms with van der Waals surface area (Å²) in [5.41, 5.74) is 3.48. The Morgan fingerprint density at radius 1 is 1.10 bits per heavy atom. The van der Waals surface area contributed by atoms with Crippen molar-refractivity contribution >= 4 is 70.2 Å². The van der Waals surface area contributed by atoms with Crippen LogP contribution in [0.4, 0.5) is 4.39 Å². The van der Waals surface area contributed by atoms with Gasteiger partial charge < -0.3 is 0 Å². The molecule has 0 bridgehead atoms. The highest BCUT2D eigenvalue weighted by molar-refractivity contribution is 8.03. The van der Waals surface area contributed by atoms with Crippen LogP contribution < -0.4 is 5.43 Å². The number of thioether (sulfide) groups is 2. The van der Waals surface area contributed by atoms with Gasteiger partial charge in [-0.3, -0.25) is 4.79 Å². The molecule has 150 valence electrons. The molecule has 0 unspecified atom stereocenters. The predicted molar refractivity (Wildman–Crippen MR) is 119 cm³/mol. The minimum Gasteiger partial charge on any atom is -0.272 e. The van der Waals surface area contributed by atoms with E-state index in [1.807, 2.05) is 24.3 Å². The van der Waals surface area contributed by atoms with E-state index in [1.54, 1.807) is 6.07 Å². The lowest BCUT2D eigenvalue weighted by Gasteiger charge is -2.01. The molecular formula is C18H13Cl2FN4OS3. The van der Waals surface area contributed by atoms with Gasteiger partial charge in [0.25, 0.3) is 5.91 Å².